The summed E-state index contributed by atoms with van der Waals surface area (Å²) in [4.78, 5) is 0. The summed E-state index contributed by atoms with van der Waals surface area (Å²) in [5.41, 5.74) is 1.42. The topological polar surface area (TPSA) is 12.0 Å². The lowest BCUT2D eigenvalue weighted by Gasteiger charge is -2.23. The highest BCUT2D eigenvalue weighted by Gasteiger charge is 2.20. The van der Waals surface area contributed by atoms with Crippen molar-refractivity contribution in [1.29, 1.82) is 0 Å². The Labute approximate surface area is 106 Å². The van der Waals surface area contributed by atoms with Crippen LogP contribution in [0.15, 0.2) is 30.3 Å². The normalized spacial score (nSPS) is 17.4. The van der Waals surface area contributed by atoms with Crippen LogP contribution >= 0.6 is 0 Å². The highest BCUT2D eigenvalue weighted by Crippen LogP contribution is 2.33. The fraction of sp³-hybridized carbons (Fsp3) is 0.625. The van der Waals surface area contributed by atoms with Gasteiger partial charge in [0.1, 0.15) is 0 Å². The first kappa shape index (κ1) is 12.6. The van der Waals surface area contributed by atoms with E-state index in [0.717, 1.165) is 12.5 Å². The van der Waals surface area contributed by atoms with E-state index in [-0.39, 0.29) is 0 Å². The summed E-state index contributed by atoms with van der Waals surface area (Å²) in [5.74, 6) is 1.71. The molecule has 0 heterocycles. The first-order valence-electron chi connectivity index (χ1n) is 7.05. The molecule has 1 aromatic rings. The van der Waals surface area contributed by atoms with Crippen molar-refractivity contribution in [2.45, 2.75) is 45.6 Å². The van der Waals surface area contributed by atoms with Crippen molar-refractivity contribution >= 4 is 0 Å². The first-order chi connectivity index (χ1) is 8.27. The maximum atomic E-state index is 3.72. The van der Waals surface area contributed by atoms with E-state index in [2.05, 4.69) is 49.5 Å². The molecule has 1 aromatic carbocycles. The van der Waals surface area contributed by atoms with Gasteiger partial charge < -0.3 is 5.32 Å². The SMILES string of the molecule is CC(C)C(NCCCC1CC1)c1ccccc1. The largest absolute Gasteiger partial charge is 0.310 e. The Hall–Kier alpha value is -0.820. The van der Waals surface area contributed by atoms with Crippen molar-refractivity contribution in [2.24, 2.45) is 11.8 Å². The average molecular weight is 231 g/mol. The quantitative estimate of drug-likeness (QED) is 0.695. The molecular weight excluding hydrogens is 206 g/mol. The van der Waals surface area contributed by atoms with E-state index in [1.807, 2.05) is 0 Å². The third kappa shape index (κ3) is 4.16. The molecule has 0 saturated heterocycles. The molecule has 1 atom stereocenters. The van der Waals surface area contributed by atoms with E-state index in [1.165, 1.54) is 31.2 Å². The van der Waals surface area contributed by atoms with Crippen molar-refractivity contribution in [3.63, 3.8) is 0 Å². The molecule has 0 spiro atoms. The predicted molar refractivity (Wildman–Crippen MR) is 74.0 cm³/mol. The summed E-state index contributed by atoms with van der Waals surface area (Å²) in [6.07, 6.45) is 5.71. The Morgan fingerprint density at radius 3 is 2.47 bits per heavy atom. The van der Waals surface area contributed by atoms with Crippen molar-refractivity contribution in [1.82, 2.24) is 5.32 Å². The molecule has 1 N–H and O–H groups in total. The van der Waals surface area contributed by atoms with Gasteiger partial charge in [0.05, 0.1) is 0 Å². The third-order valence-corrected chi connectivity index (χ3v) is 3.68. The molecule has 1 saturated carbocycles. The zero-order valence-corrected chi connectivity index (χ0v) is 11.2. The fourth-order valence-corrected chi connectivity index (χ4v) is 2.45. The van der Waals surface area contributed by atoms with Crippen LogP contribution in [0.4, 0.5) is 0 Å². The van der Waals surface area contributed by atoms with Crippen LogP contribution in [0.1, 0.15) is 51.1 Å². The van der Waals surface area contributed by atoms with Gasteiger partial charge in [-0.2, -0.15) is 0 Å². The standard InChI is InChI=1S/C16H25N/c1-13(2)16(15-8-4-3-5-9-15)17-12-6-7-14-10-11-14/h3-5,8-9,13-14,16-17H,6-7,10-12H2,1-2H3. The van der Waals surface area contributed by atoms with Crippen LogP contribution in [-0.4, -0.2) is 6.54 Å². The molecule has 1 fully saturated rings. The number of benzene rings is 1. The van der Waals surface area contributed by atoms with Gasteiger partial charge in [-0.25, -0.2) is 0 Å². The average Bonchev–Trinajstić information content (AvgIpc) is 3.13. The van der Waals surface area contributed by atoms with Crippen molar-refractivity contribution in [3.8, 4) is 0 Å². The number of hydrogen-bond acceptors (Lipinski definition) is 1. The van der Waals surface area contributed by atoms with Gasteiger partial charge in [0.25, 0.3) is 0 Å². The molecule has 2 rings (SSSR count). The Bertz CT molecular complexity index is 314. The van der Waals surface area contributed by atoms with E-state index in [9.17, 15) is 0 Å². The number of rotatable bonds is 7. The maximum absolute atomic E-state index is 3.72. The molecule has 0 amide bonds. The van der Waals surface area contributed by atoms with E-state index in [0.29, 0.717) is 12.0 Å². The predicted octanol–water partition coefficient (Wildman–Crippen LogP) is 4.16. The first-order valence-corrected chi connectivity index (χ1v) is 7.05. The highest BCUT2D eigenvalue weighted by atomic mass is 14.9. The minimum Gasteiger partial charge on any atom is -0.310 e. The fourth-order valence-electron chi connectivity index (χ4n) is 2.45. The lowest BCUT2D eigenvalue weighted by Crippen LogP contribution is -2.26. The van der Waals surface area contributed by atoms with Gasteiger partial charge >= 0.3 is 0 Å². The van der Waals surface area contributed by atoms with Gasteiger partial charge in [0.15, 0.2) is 0 Å². The molecule has 1 unspecified atom stereocenters. The van der Waals surface area contributed by atoms with Gasteiger partial charge in [-0.3, -0.25) is 0 Å². The van der Waals surface area contributed by atoms with E-state index >= 15 is 0 Å². The van der Waals surface area contributed by atoms with E-state index < -0.39 is 0 Å². The van der Waals surface area contributed by atoms with Gasteiger partial charge in [-0.05, 0) is 36.8 Å². The van der Waals surface area contributed by atoms with Crippen molar-refractivity contribution < 1.29 is 0 Å². The lowest BCUT2D eigenvalue weighted by atomic mass is 9.96. The summed E-state index contributed by atoms with van der Waals surface area (Å²) >= 11 is 0. The van der Waals surface area contributed by atoms with Crippen LogP contribution in [-0.2, 0) is 0 Å². The molecule has 0 radical (unpaired) electrons. The van der Waals surface area contributed by atoms with Crippen molar-refractivity contribution in [3.05, 3.63) is 35.9 Å². The molecule has 17 heavy (non-hydrogen) atoms. The monoisotopic (exact) mass is 231 g/mol. The Morgan fingerprint density at radius 2 is 1.88 bits per heavy atom. The summed E-state index contributed by atoms with van der Waals surface area (Å²) in [6, 6.07) is 11.3. The minimum atomic E-state index is 0.510. The summed E-state index contributed by atoms with van der Waals surface area (Å²) in [6.45, 7) is 5.76. The summed E-state index contributed by atoms with van der Waals surface area (Å²) < 4.78 is 0. The summed E-state index contributed by atoms with van der Waals surface area (Å²) in [7, 11) is 0. The number of hydrogen-bond donors (Lipinski definition) is 1. The van der Waals surface area contributed by atoms with Crippen LogP contribution in [0.2, 0.25) is 0 Å². The molecule has 0 aromatic heterocycles. The molecule has 1 aliphatic carbocycles. The molecule has 0 bridgehead atoms. The molecule has 1 heteroatoms. The van der Waals surface area contributed by atoms with Gasteiger partial charge in [-0.1, -0.05) is 57.0 Å². The molecule has 1 nitrogen and oxygen atoms in total. The second kappa shape index (κ2) is 6.20. The minimum absolute atomic E-state index is 0.510. The van der Waals surface area contributed by atoms with Gasteiger partial charge in [0, 0.05) is 6.04 Å². The summed E-state index contributed by atoms with van der Waals surface area (Å²) in [5, 5.41) is 3.72. The van der Waals surface area contributed by atoms with Crippen LogP contribution < -0.4 is 5.32 Å². The lowest BCUT2D eigenvalue weighted by molar-refractivity contribution is 0.404. The van der Waals surface area contributed by atoms with Crippen LogP contribution in [0.25, 0.3) is 0 Å². The van der Waals surface area contributed by atoms with E-state index in [4.69, 9.17) is 0 Å². The highest BCUT2D eigenvalue weighted by molar-refractivity contribution is 5.19. The van der Waals surface area contributed by atoms with Crippen LogP contribution in [0, 0.1) is 11.8 Å². The smallest absolute Gasteiger partial charge is 0.0343 e. The zero-order valence-electron chi connectivity index (χ0n) is 11.2. The maximum Gasteiger partial charge on any atom is 0.0343 e. The second-order valence-corrected chi connectivity index (χ2v) is 5.67. The van der Waals surface area contributed by atoms with Gasteiger partial charge in [0.2, 0.25) is 0 Å². The van der Waals surface area contributed by atoms with Crippen molar-refractivity contribution in [2.75, 3.05) is 6.54 Å². The second-order valence-electron chi connectivity index (χ2n) is 5.67. The Kier molecular flexibility index (Phi) is 4.61. The Morgan fingerprint density at radius 1 is 1.18 bits per heavy atom. The van der Waals surface area contributed by atoms with Gasteiger partial charge in [-0.15, -0.1) is 0 Å². The molecule has 94 valence electrons. The van der Waals surface area contributed by atoms with Crippen LogP contribution in [0.5, 0.6) is 0 Å². The molecule has 0 aliphatic heterocycles. The zero-order chi connectivity index (χ0) is 12.1. The molecule has 1 aliphatic rings. The Balaban J connectivity index is 1.79. The van der Waals surface area contributed by atoms with Crippen LogP contribution in [0.3, 0.4) is 0 Å². The molecular formula is C16H25N. The number of nitrogens with one attached hydrogen (secondary N) is 1. The third-order valence-electron chi connectivity index (χ3n) is 3.68. The van der Waals surface area contributed by atoms with E-state index in [1.54, 1.807) is 0 Å².